The van der Waals surface area contributed by atoms with Crippen molar-refractivity contribution < 1.29 is 27.8 Å². The van der Waals surface area contributed by atoms with Gasteiger partial charge in [-0.05, 0) is 11.6 Å². The van der Waals surface area contributed by atoms with Crippen molar-refractivity contribution in [2.45, 2.75) is 12.3 Å². The number of hydrogen-bond donors (Lipinski definition) is 1. The molecule has 0 spiro atoms. The van der Waals surface area contributed by atoms with Crippen molar-refractivity contribution >= 4 is 5.97 Å². The topological polar surface area (TPSA) is 46.5 Å². The van der Waals surface area contributed by atoms with Crippen LogP contribution in [0.15, 0.2) is 18.2 Å². The Balaban J connectivity index is 2.94. The molecule has 88 valence electrons. The van der Waals surface area contributed by atoms with Crippen LogP contribution in [0.1, 0.15) is 5.56 Å². The van der Waals surface area contributed by atoms with Gasteiger partial charge in [-0.15, -0.1) is 0 Å². The number of benzene rings is 1. The predicted molar refractivity (Wildman–Crippen MR) is 49.2 cm³/mol. The van der Waals surface area contributed by atoms with Crippen LogP contribution in [-0.2, 0) is 11.2 Å². The lowest BCUT2D eigenvalue weighted by atomic mass is 10.1. The van der Waals surface area contributed by atoms with Gasteiger partial charge in [0, 0.05) is 6.07 Å². The normalized spacial score (nSPS) is 11.2. The lowest BCUT2D eigenvalue weighted by Gasteiger charge is -2.12. The molecule has 0 saturated carbocycles. The van der Waals surface area contributed by atoms with E-state index in [0.717, 1.165) is 12.1 Å². The van der Waals surface area contributed by atoms with Gasteiger partial charge in [0.1, 0.15) is 11.6 Å². The highest BCUT2D eigenvalue weighted by Crippen LogP contribution is 2.24. The second-order valence-electron chi connectivity index (χ2n) is 3.14. The average molecular weight is 234 g/mol. The zero-order valence-electron chi connectivity index (χ0n) is 8.34. The molecule has 6 heteroatoms. The Labute approximate surface area is 89.5 Å². The summed E-state index contributed by atoms with van der Waals surface area (Å²) in [6.07, 6.45) is -1.18. The monoisotopic (exact) mass is 234 g/mol. The summed E-state index contributed by atoms with van der Waals surface area (Å²) in [5.41, 5.74) is -0.367. The Morgan fingerprint density at radius 1 is 1.50 bits per heavy atom. The van der Waals surface area contributed by atoms with E-state index in [4.69, 9.17) is 5.11 Å². The standard InChI is InChI=1S/C10H9F3O3/c1-16-7-3-2-6(8(11)4-7)5-10(12,13)9(14)15/h2-4H,5H2,1H3,(H,14,15). The summed E-state index contributed by atoms with van der Waals surface area (Å²) in [5.74, 6) is -6.99. The van der Waals surface area contributed by atoms with Crippen LogP contribution in [0, 0.1) is 5.82 Å². The van der Waals surface area contributed by atoms with Crippen molar-refractivity contribution in [2.75, 3.05) is 7.11 Å². The number of alkyl halides is 2. The van der Waals surface area contributed by atoms with Gasteiger partial charge in [-0.1, -0.05) is 6.07 Å². The maximum absolute atomic E-state index is 13.2. The van der Waals surface area contributed by atoms with E-state index >= 15 is 0 Å². The van der Waals surface area contributed by atoms with E-state index in [1.807, 2.05) is 0 Å². The third-order valence-electron chi connectivity index (χ3n) is 1.99. The van der Waals surface area contributed by atoms with Gasteiger partial charge in [-0.3, -0.25) is 0 Å². The number of ether oxygens (including phenoxy) is 1. The molecular weight excluding hydrogens is 225 g/mol. The number of carbonyl (C=O) groups is 1. The van der Waals surface area contributed by atoms with Gasteiger partial charge in [0.2, 0.25) is 0 Å². The molecule has 3 nitrogen and oxygen atoms in total. The molecule has 0 aromatic heterocycles. The van der Waals surface area contributed by atoms with Crippen LogP contribution in [0.3, 0.4) is 0 Å². The summed E-state index contributed by atoms with van der Waals surface area (Å²) in [6.45, 7) is 0. The smallest absolute Gasteiger partial charge is 0.374 e. The second kappa shape index (κ2) is 4.42. The van der Waals surface area contributed by atoms with E-state index in [2.05, 4.69) is 4.74 Å². The number of carboxylic acid groups (broad SMARTS) is 1. The van der Waals surface area contributed by atoms with Gasteiger partial charge in [0.25, 0.3) is 0 Å². The molecule has 0 radical (unpaired) electrons. The number of hydrogen-bond acceptors (Lipinski definition) is 2. The Kier molecular flexibility index (Phi) is 3.41. The summed E-state index contributed by atoms with van der Waals surface area (Å²) >= 11 is 0. The van der Waals surface area contributed by atoms with Gasteiger partial charge in [0.05, 0.1) is 13.5 Å². The Hall–Kier alpha value is -1.72. The van der Waals surface area contributed by atoms with Crippen LogP contribution in [0.2, 0.25) is 0 Å². The molecule has 0 amide bonds. The first-order valence-electron chi connectivity index (χ1n) is 4.30. The van der Waals surface area contributed by atoms with Gasteiger partial charge >= 0.3 is 11.9 Å². The van der Waals surface area contributed by atoms with E-state index in [1.165, 1.54) is 13.2 Å². The van der Waals surface area contributed by atoms with Crippen LogP contribution in [-0.4, -0.2) is 24.1 Å². The minimum Gasteiger partial charge on any atom is -0.497 e. The molecule has 0 heterocycles. The molecule has 0 atom stereocenters. The van der Waals surface area contributed by atoms with Crippen molar-refractivity contribution in [3.8, 4) is 5.75 Å². The van der Waals surface area contributed by atoms with Crippen molar-refractivity contribution in [3.05, 3.63) is 29.6 Å². The third kappa shape index (κ3) is 2.65. The minimum atomic E-state index is -3.98. The van der Waals surface area contributed by atoms with Crippen LogP contribution in [0.25, 0.3) is 0 Å². The molecular formula is C10H9F3O3. The number of rotatable bonds is 4. The number of carboxylic acids is 1. The zero-order valence-corrected chi connectivity index (χ0v) is 8.34. The van der Waals surface area contributed by atoms with Crippen molar-refractivity contribution in [1.29, 1.82) is 0 Å². The first-order valence-corrected chi connectivity index (χ1v) is 4.30. The van der Waals surface area contributed by atoms with Crippen LogP contribution >= 0.6 is 0 Å². The van der Waals surface area contributed by atoms with Crippen LogP contribution < -0.4 is 4.74 Å². The molecule has 0 aliphatic carbocycles. The first kappa shape index (κ1) is 12.4. The maximum Gasteiger partial charge on any atom is 0.374 e. The summed E-state index contributed by atoms with van der Waals surface area (Å²) < 4.78 is 43.5. The maximum atomic E-state index is 13.2. The first-order chi connectivity index (χ1) is 7.36. The van der Waals surface area contributed by atoms with Crippen molar-refractivity contribution in [3.63, 3.8) is 0 Å². The highest BCUT2D eigenvalue weighted by Gasteiger charge is 2.39. The molecule has 1 rings (SSSR count). The van der Waals surface area contributed by atoms with E-state index in [0.29, 0.717) is 0 Å². The van der Waals surface area contributed by atoms with Gasteiger partial charge in [-0.2, -0.15) is 8.78 Å². The second-order valence-corrected chi connectivity index (χ2v) is 3.14. The molecule has 0 bridgehead atoms. The molecule has 1 aromatic rings. The SMILES string of the molecule is COc1ccc(CC(F)(F)C(=O)O)c(F)c1. The Bertz CT molecular complexity index is 404. The minimum absolute atomic E-state index is 0.180. The predicted octanol–water partition coefficient (Wildman–Crippen LogP) is 2.10. The van der Waals surface area contributed by atoms with E-state index < -0.39 is 24.1 Å². The molecule has 1 aromatic carbocycles. The van der Waals surface area contributed by atoms with Crippen molar-refractivity contribution in [2.24, 2.45) is 0 Å². The fourth-order valence-corrected chi connectivity index (χ4v) is 1.11. The molecule has 16 heavy (non-hydrogen) atoms. The van der Waals surface area contributed by atoms with Crippen molar-refractivity contribution in [1.82, 2.24) is 0 Å². The van der Waals surface area contributed by atoms with E-state index in [1.54, 1.807) is 0 Å². The Morgan fingerprint density at radius 2 is 2.12 bits per heavy atom. The molecule has 0 aliphatic heterocycles. The highest BCUT2D eigenvalue weighted by atomic mass is 19.3. The molecule has 0 saturated heterocycles. The largest absolute Gasteiger partial charge is 0.497 e. The van der Waals surface area contributed by atoms with Gasteiger partial charge in [-0.25, -0.2) is 9.18 Å². The molecule has 1 N–H and O–H groups in total. The fourth-order valence-electron chi connectivity index (χ4n) is 1.11. The average Bonchev–Trinajstić information content (AvgIpc) is 2.20. The highest BCUT2D eigenvalue weighted by molar-refractivity contribution is 5.75. The lowest BCUT2D eigenvalue weighted by molar-refractivity contribution is -0.164. The summed E-state index contributed by atoms with van der Waals surface area (Å²) in [7, 11) is 1.31. The number of aliphatic carboxylic acids is 1. The van der Waals surface area contributed by atoms with E-state index in [9.17, 15) is 18.0 Å². The Morgan fingerprint density at radius 3 is 2.56 bits per heavy atom. The summed E-state index contributed by atoms with van der Waals surface area (Å²) in [6, 6.07) is 3.29. The summed E-state index contributed by atoms with van der Waals surface area (Å²) in [5, 5.41) is 8.20. The quantitative estimate of drug-likeness (QED) is 0.867. The lowest BCUT2D eigenvalue weighted by Crippen LogP contribution is -2.31. The molecule has 0 aliphatic rings. The van der Waals surface area contributed by atoms with Crippen LogP contribution in [0.5, 0.6) is 5.75 Å². The zero-order chi connectivity index (χ0) is 12.3. The molecule has 0 fully saturated rings. The number of methoxy groups -OCH3 is 1. The summed E-state index contributed by atoms with van der Waals surface area (Å²) in [4.78, 5) is 10.2. The number of halogens is 3. The van der Waals surface area contributed by atoms with Gasteiger partial charge < -0.3 is 9.84 Å². The van der Waals surface area contributed by atoms with Gasteiger partial charge in [0.15, 0.2) is 0 Å². The molecule has 0 unspecified atom stereocenters. The third-order valence-corrected chi connectivity index (χ3v) is 1.99. The van der Waals surface area contributed by atoms with Crippen LogP contribution in [0.4, 0.5) is 13.2 Å². The van der Waals surface area contributed by atoms with E-state index in [-0.39, 0.29) is 11.3 Å². The fraction of sp³-hybridized carbons (Fsp3) is 0.300.